The van der Waals surface area contributed by atoms with Crippen LogP contribution < -0.4 is 10.6 Å². The molecule has 0 radical (unpaired) electrons. The molecular weight excluding hydrogens is 258 g/mol. The molecule has 0 aliphatic carbocycles. The van der Waals surface area contributed by atoms with E-state index in [1.54, 1.807) is 12.1 Å². The summed E-state index contributed by atoms with van der Waals surface area (Å²) >= 11 is 0. The van der Waals surface area contributed by atoms with Gasteiger partial charge in [0.05, 0.1) is 10.8 Å². The molecule has 1 aromatic carbocycles. The fourth-order valence-electron chi connectivity index (χ4n) is 2.33. The van der Waals surface area contributed by atoms with Crippen molar-refractivity contribution in [3.63, 3.8) is 0 Å². The number of hydrogen-bond acceptors (Lipinski definition) is 4. The maximum absolute atomic E-state index is 11.9. The molecule has 1 fully saturated rings. The van der Waals surface area contributed by atoms with E-state index < -0.39 is 4.92 Å². The van der Waals surface area contributed by atoms with Gasteiger partial charge in [-0.1, -0.05) is 12.1 Å². The first kappa shape index (κ1) is 14.5. The molecular formula is C14H19N3O3. The van der Waals surface area contributed by atoms with Gasteiger partial charge in [-0.05, 0) is 31.4 Å². The molecule has 2 N–H and O–H groups in total. The Balaban J connectivity index is 1.74. The molecule has 1 aliphatic rings. The van der Waals surface area contributed by atoms with E-state index >= 15 is 0 Å². The van der Waals surface area contributed by atoms with Crippen molar-refractivity contribution in [2.24, 2.45) is 5.92 Å². The number of non-ortho nitro benzene ring substituents is 1. The van der Waals surface area contributed by atoms with Crippen molar-refractivity contribution in [3.05, 3.63) is 39.9 Å². The number of carbonyl (C=O) groups excluding carboxylic acids is 1. The van der Waals surface area contributed by atoms with Gasteiger partial charge in [-0.3, -0.25) is 14.9 Å². The van der Waals surface area contributed by atoms with Crippen molar-refractivity contribution in [2.75, 3.05) is 19.6 Å². The summed E-state index contributed by atoms with van der Waals surface area (Å²) in [6.45, 7) is 2.31. The topological polar surface area (TPSA) is 84.3 Å². The van der Waals surface area contributed by atoms with Gasteiger partial charge in [-0.25, -0.2) is 0 Å². The van der Waals surface area contributed by atoms with Crippen LogP contribution in [0, 0.1) is 16.0 Å². The molecule has 0 spiro atoms. The zero-order valence-corrected chi connectivity index (χ0v) is 11.3. The highest BCUT2D eigenvalue weighted by Gasteiger charge is 2.20. The lowest BCUT2D eigenvalue weighted by Crippen LogP contribution is -2.41. The van der Waals surface area contributed by atoms with Crippen LogP contribution in [0.1, 0.15) is 18.4 Å². The minimum absolute atomic E-state index is 0.0700. The Bertz CT molecular complexity index is 467. The molecule has 1 saturated heterocycles. The molecule has 0 bridgehead atoms. The Kier molecular flexibility index (Phi) is 5.06. The monoisotopic (exact) mass is 277 g/mol. The summed E-state index contributed by atoms with van der Waals surface area (Å²) in [5.41, 5.74) is 1.07. The standard InChI is InChI=1S/C14H19N3O3/c18-14(12-2-1-8-15-10-12)16-9-7-11-3-5-13(6-4-11)17(19)20/h3-6,12,15H,1-2,7-10H2,(H,16,18)/t12-/m0/s1. The third-order valence-electron chi connectivity index (χ3n) is 3.53. The van der Waals surface area contributed by atoms with E-state index in [0.717, 1.165) is 31.5 Å². The van der Waals surface area contributed by atoms with Gasteiger partial charge in [0.15, 0.2) is 0 Å². The molecule has 108 valence electrons. The second-order valence-electron chi connectivity index (χ2n) is 5.01. The summed E-state index contributed by atoms with van der Waals surface area (Å²) in [4.78, 5) is 22.0. The maximum Gasteiger partial charge on any atom is 0.269 e. The Morgan fingerprint density at radius 1 is 1.40 bits per heavy atom. The van der Waals surface area contributed by atoms with Crippen LogP contribution in [-0.2, 0) is 11.2 Å². The SMILES string of the molecule is O=C(NCCc1ccc([N+](=O)[O-])cc1)[C@H]1CCCNC1. The van der Waals surface area contributed by atoms with E-state index in [9.17, 15) is 14.9 Å². The first-order valence-corrected chi connectivity index (χ1v) is 6.88. The van der Waals surface area contributed by atoms with Gasteiger partial charge in [0.25, 0.3) is 5.69 Å². The van der Waals surface area contributed by atoms with Gasteiger partial charge in [0.2, 0.25) is 5.91 Å². The molecule has 0 unspecified atom stereocenters. The van der Waals surface area contributed by atoms with E-state index in [4.69, 9.17) is 0 Å². The largest absolute Gasteiger partial charge is 0.355 e. The summed E-state index contributed by atoms with van der Waals surface area (Å²) < 4.78 is 0. The lowest BCUT2D eigenvalue weighted by atomic mass is 9.99. The number of carbonyl (C=O) groups is 1. The van der Waals surface area contributed by atoms with Gasteiger partial charge in [-0.2, -0.15) is 0 Å². The number of benzene rings is 1. The van der Waals surface area contributed by atoms with Crippen LogP contribution in [0.5, 0.6) is 0 Å². The number of amides is 1. The average Bonchev–Trinajstić information content (AvgIpc) is 2.48. The Morgan fingerprint density at radius 2 is 2.15 bits per heavy atom. The van der Waals surface area contributed by atoms with Crippen molar-refractivity contribution in [2.45, 2.75) is 19.3 Å². The fourth-order valence-corrected chi connectivity index (χ4v) is 2.33. The molecule has 1 atom stereocenters. The molecule has 0 saturated carbocycles. The van der Waals surface area contributed by atoms with E-state index in [-0.39, 0.29) is 17.5 Å². The molecule has 6 nitrogen and oxygen atoms in total. The van der Waals surface area contributed by atoms with Crippen LogP contribution >= 0.6 is 0 Å². The van der Waals surface area contributed by atoms with E-state index in [1.165, 1.54) is 12.1 Å². The van der Waals surface area contributed by atoms with Crippen molar-refractivity contribution in [1.29, 1.82) is 0 Å². The lowest BCUT2D eigenvalue weighted by Gasteiger charge is -2.21. The van der Waals surface area contributed by atoms with Crippen LogP contribution in [0.15, 0.2) is 24.3 Å². The second kappa shape index (κ2) is 7.00. The Morgan fingerprint density at radius 3 is 2.75 bits per heavy atom. The summed E-state index contributed by atoms with van der Waals surface area (Å²) in [6, 6.07) is 6.43. The van der Waals surface area contributed by atoms with E-state index in [0.29, 0.717) is 13.0 Å². The molecule has 1 amide bonds. The number of hydrogen-bond donors (Lipinski definition) is 2. The minimum Gasteiger partial charge on any atom is -0.355 e. The van der Waals surface area contributed by atoms with Crippen molar-refractivity contribution in [3.8, 4) is 0 Å². The smallest absolute Gasteiger partial charge is 0.269 e. The average molecular weight is 277 g/mol. The normalized spacial score (nSPS) is 18.5. The Hall–Kier alpha value is -1.95. The van der Waals surface area contributed by atoms with Gasteiger partial charge in [0, 0.05) is 25.2 Å². The predicted octanol–water partition coefficient (Wildman–Crippen LogP) is 1.25. The summed E-state index contributed by atoms with van der Waals surface area (Å²) in [5.74, 6) is 0.166. The van der Waals surface area contributed by atoms with Gasteiger partial charge in [-0.15, -0.1) is 0 Å². The first-order valence-electron chi connectivity index (χ1n) is 6.88. The molecule has 1 heterocycles. The zero-order valence-electron chi connectivity index (χ0n) is 11.3. The number of nitro benzene ring substituents is 1. The van der Waals surface area contributed by atoms with Gasteiger partial charge in [0.1, 0.15) is 0 Å². The molecule has 6 heteroatoms. The molecule has 1 aromatic rings. The number of nitrogens with one attached hydrogen (secondary N) is 2. The molecule has 2 rings (SSSR count). The summed E-state index contributed by atoms with van der Waals surface area (Å²) in [6.07, 6.45) is 2.67. The fraction of sp³-hybridized carbons (Fsp3) is 0.500. The quantitative estimate of drug-likeness (QED) is 0.626. The van der Waals surface area contributed by atoms with Crippen molar-refractivity contribution < 1.29 is 9.72 Å². The lowest BCUT2D eigenvalue weighted by molar-refractivity contribution is -0.384. The highest BCUT2D eigenvalue weighted by molar-refractivity contribution is 5.78. The van der Waals surface area contributed by atoms with Gasteiger partial charge < -0.3 is 10.6 Å². The highest BCUT2D eigenvalue weighted by Crippen LogP contribution is 2.12. The Labute approximate surface area is 117 Å². The van der Waals surface area contributed by atoms with Crippen LogP contribution in [-0.4, -0.2) is 30.5 Å². The molecule has 0 aromatic heterocycles. The molecule has 1 aliphatic heterocycles. The van der Waals surface area contributed by atoms with Crippen LogP contribution in [0.25, 0.3) is 0 Å². The molecule has 20 heavy (non-hydrogen) atoms. The predicted molar refractivity (Wildman–Crippen MR) is 75.4 cm³/mol. The summed E-state index contributed by atoms with van der Waals surface area (Å²) in [7, 11) is 0. The second-order valence-corrected chi connectivity index (χ2v) is 5.01. The number of piperidine rings is 1. The number of nitrogens with zero attached hydrogens (tertiary/aromatic N) is 1. The first-order chi connectivity index (χ1) is 9.66. The van der Waals surface area contributed by atoms with E-state index in [2.05, 4.69) is 10.6 Å². The van der Waals surface area contributed by atoms with Crippen LogP contribution in [0.4, 0.5) is 5.69 Å². The van der Waals surface area contributed by atoms with Gasteiger partial charge >= 0.3 is 0 Å². The third kappa shape index (κ3) is 4.03. The van der Waals surface area contributed by atoms with Crippen molar-refractivity contribution in [1.82, 2.24) is 10.6 Å². The van der Waals surface area contributed by atoms with Crippen LogP contribution in [0.3, 0.4) is 0 Å². The van der Waals surface area contributed by atoms with Crippen molar-refractivity contribution >= 4 is 11.6 Å². The summed E-state index contributed by atoms with van der Waals surface area (Å²) in [5, 5.41) is 16.7. The van der Waals surface area contributed by atoms with Crippen LogP contribution in [0.2, 0.25) is 0 Å². The highest BCUT2D eigenvalue weighted by atomic mass is 16.6. The third-order valence-corrected chi connectivity index (χ3v) is 3.53. The van der Waals surface area contributed by atoms with E-state index in [1.807, 2.05) is 0 Å². The maximum atomic E-state index is 11.9. The number of nitro groups is 1. The minimum atomic E-state index is -0.415. The zero-order chi connectivity index (χ0) is 14.4. The number of rotatable bonds is 5.